The normalized spacial score (nSPS) is 12.6. The zero-order valence-electron chi connectivity index (χ0n) is 5.41. The second kappa shape index (κ2) is 3.97. The minimum absolute atomic E-state index is 0.152. The zero-order chi connectivity index (χ0) is 8.15. The van der Waals surface area contributed by atoms with Crippen molar-refractivity contribution in [1.82, 2.24) is 0 Å². The molecular weight excluding hydrogens is 136 g/mol. The van der Waals surface area contributed by atoms with E-state index in [1.54, 1.807) is 0 Å². The summed E-state index contributed by atoms with van der Waals surface area (Å²) in [5.74, 6) is -1.52. The lowest BCUT2D eigenvalue weighted by atomic mass is 10.1. The van der Waals surface area contributed by atoms with Crippen molar-refractivity contribution in [2.45, 2.75) is 12.5 Å². The molecule has 10 heavy (non-hydrogen) atoms. The maximum absolute atomic E-state index is 10.5. The highest BCUT2D eigenvalue weighted by Crippen LogP contribution is 1.87. The van der Waals surface area contributed by atoms with Crippen molar-refractivity contribution in [2.75, 3.05) is 6.54 Å². The highest BCUT2D eigenvalue weighted by molar-refractivity contribution is 5.86. The number of carboxylic acids is 1. The molecule has 0 spiro atoms. The molecule has 0 saturated heterocycles. The summed E-state index contributed by atoms with van der Waals surface area (Å²) in [5.41, 5.74) is 9.94. The highest BCUT2D eigenvalue weighted by atomic mass is 16.4. The monoisotopic (exact) mass is 146 g/mol. The number of Topliss-reactive ketones (excluding diaryl/α,β-unsaturated/α-hetero) is 1. The van der Waals surface area contributed by atoms with Crippen LogP contribution in [-0.2, 0) is 9.59 Å². The van der Waals surface area contributed by atoms with Crippen LogP contribution >= 0.6 is 0 Å². The van der Waals surface area contributed by atoms with Crippen molar-refractivity contribution in [3.63, 3.8) is 0 Å². The number of carbonyl (C=O) groups is 2. The van der Waals surface area contributed by atoms with Gasteiger partial charge >= 0.3 is 5.97 Å². The van der Waals surface area contributed by atoms with Gasteiger partial charge in [-0.2, -0.15) is 0 Å². The molecule has 0 aromatic carbocycles. The molecule has 0 aliphatic heterocycles. The maximum Gasteiger partial charge on any atom is 0.320 e. The Labute approximate surface area is 58.0 Å². The Morgan fingerprint density at radius 1 is 1.50 bits per heavy atom. The number of rotatable bonds is 4. The Bertz CT molecular complexity index is 146. The molecule has 0 unspecified atom stereocenters. The summed E-state index contributed by atoms with van der Waals surface area (Å²) in [6, 6.07) is -1.11. The fourth-order valence-electron chi connectivity index (χ4n) is 0.416. The predicted molar refractivity (Wildman–Crippen MR) is 34.3 cm³/mol. The summed E-state index contributed by atoms with van der Waals surface area (Å²) in [6.45, 7) is -0.152. The number of carboxylic acid groups (broad SMARTS) is 1. The van der Waals surface area contributed by atoms with Crippen LogP contribution in [0.5, 0.6) is 0 Å². The molecule has 0 aliphatic rings. The summed E-state index contributed by atoms with van der Waals surface area (Å²) in [5, 5.41) is 8.21. The largest absolute Gasteiger partial charge is 0.480 e. The van der Waals surface area contributed by atoms with Crippen LogP contribution in [0, 0.1) is 0 Å². The van der Waals surface area contributed by atoms with Gasteiger partial charge in [0.1, 0.15) is 11.8 Å². The van der Waals surface area contributed by atoms with Gasteiger partial charge in [0.25, 0.3) is 0 Å². The molecule has 0 aromatic rings. The van der Waals surface area contributed by atoms with E-state index in [1.165, 1.54) is 0 Å². The standard InChI is InChI=1S/C5H10N2O3/c6-2-3(8)1-4(7)5(9)10/h4H,1-2,6-7H2,(H,9,10)/t4-/m1/s1. The third-order valence-corrected chi connectivity index (χ3v) is 0.992. The summed E-state index contributed by atoms with van der Waals surface area (Å²) in [7, 11) is 0. The van der Waals surface area contributed by atoms with E-state index in [1.807, 2.05) is 0 Å². The van der Waals surface area contributed by atoms with Crippen LogP contribution < -0.4 is 11.5 Å². The van der Waals surface area contributed by atoms with Crippen molar-refractivity contribution < 1.29 is 14.7 Å². The molecule has 58 valence electrons. The van der Waals surface area contributed by atoms with Crippen LogP contribution in [0.1, 0.15) is 6.42 Å². The molecule has 5 N–H and O–H groups in total. The first-order chi connectivity index (χ1) is 4.57. The van der Waals surface area contributed by atoms with Crippen LogP contribution in [-0.4, -0.2) is 29.4 Å². The fourth-order valence-corrected chi connectivity index (χ4v) is 0.416. The molecule has 0 saturated carbocycles. The summed E-state index contributed by atoms with van der Waals surface area (Å²) >= 11 is 0. The number of hydrogen-bond acceptors (Lipinski definition) is 4. The van der Waals surface area contributed by atoms with Gasteiger partial charge in [-0.05, 0) is 0 Å². The van der Waals surface area contributed by atoms with E-state index >= 15 is 0 Å². The minimum atomic E-state index is -1.18. The van der Waals surface area contributed by atoms with Gasteiger partial charge in [-0.15, -0.1) is 0 Å². The Morgan fingerprint density at radius 2 is 2.00 bits per heavy atom. The molecule has 0 aliphatic carbocycles. The van der Waals surface area contributed by atoms with Gasteiger partial charge in [0.2, 0.25) is 0 Å². The molecule has 1 atom stereocenters. The van der Waals surface area contributed by atoms with E-state index in [-0.39, 0.29) is 18.7 Å². The van der Waals surface area contributed by atoms with Crippen LogP contribution in [0.3, 0.4) is 0 Å². The van der Waals surface area contributed by atoms with Crippen LogP contribution in [0.2, 0.25) is 0 Å². The molecular formula is C5H10N2O3. The fraction of sp³-hybridized carbons (Fsp3) is 0.600. The Balaban J connectivity index is 3.68. The lowest BCUT2D eigenvalue weighted by Crippen LogP contribution is -2.34. The van der Waals surface area contributed by atoms with E-state index in [0.29, 0.717) is 0 Å². The lowest BCUT2D eigenvalue weighted by molar-refractivity contribution is -0.140. The first-order valence-corrected chi connectivity index (χ1v) is 2.78. The smallest absolute Gasteiger partial charge is 0.320 e. The third kappa shape index (κ3) is 3.16. The van der Waals surface area contributed by atoms with Gasteiger partial charge in [-0.25, -0.2) is 0 Å². The molecule has 0 aromatic heterocycles. The second-order valence-corrected chi connectivity index (χ2v) is 1.89. The van der Waals surface area contributed by atoms with Crippen LogP contribution in [0.25, 0.3) is 0 Å². The van der Waals surface area contributed by atoms with Gasteiger partial charge in [0, 0.05) is 6.42 Å². The molecule has 5 nitrogen and oxygen atoms in total. The van der Waals surface area contributed by atoms with Crippen molar-refractivity contribution in [2.24, 2.45) is 11.5 Å². The van der Waals surface area contributed by atoms with Gasteiger partial charge in [0.05, 0.1) is 6.54 Å². The Kier molecular flexibility index (Phi) is 3.60. The number of hydrogen-bond donors (Lipinski definition) is 3. The molecule has 0 bridgehead atoms. The van der Waals surface area contributed by atoms with Gasteiger partial charge < -0.3 is 16.6 Å². The van der Waals surface area contributed by atoms with E-state index in [4.69, 9.17) is 16.6 Å². The lowest BCUT2D eigenvalue weighted by Gasteiger charge is -2.01. The summed E-state index contributed by atoms with van der Waals surface area (Å²) in [4.78, 5) is 20.5. The van der Waals surface area contributed by atoms with E-state index in [0.717, 1.165) is 0 Å². The van der Waals surface area contributed by atoms with Gasteiger partial charge in [0.15, 0.2) is 0 Å². The zero-order valence-corrected chi connectivity index (χ0v) is 5.41. The number of aliphatic carboxylic acids is 1. The van der Waals surface area contributed by atoms with E-state index in [9.17, 15) is 9.59 Å². The van der Waals surface area contributed by atoms with Crippen LogP contribution in [0.15, 0.2) is 0 Å². The van der Waals surface area contributed by atoms with Gasteiger partial charge in [-0.3, -0.25) is 9.59 Å². The average Bonchev–Trinajstić information content (AvgIpc) is 1.87. The molecule has 0 heterocycles. The average molecular weight is 146 g/mol. The minimum Gasteiger partial charge on any atom is -0.480 e. The van der Waals surface area contributed by atoms with Crippen molar-refractivity contribution in [3.05, 3.63) is 0 Å². The molecule has 0 rings (SSSR count). The van der Waals surface area contributed by atoms with Gasteiger partial charge in [-0.1, -0.05) is 0 Å². The van der Waals surface area contributed by atoms with Crippen molar-refractivity contribution in [1.29, 1.82) is 0 Å². The SMILES string of the molecule is NCC(=O)C[C@@H](N)C(=O)O. The van der Waals surface area contributed by atoms with Crippen molar-refractivity contribution in [3.8, 4) is 0 Å². The number of carbonyl (C=O) groups excluding carboxylic acids is 1. The second-order valence-electron chi connectivity index (χ2n) is 1.89. The molecule has 0 fully saturated rings. The summed E-state index contributed by atoms with van der Waals surface area (Å²) < 4.78 is 0. The maximum atomic E-state index is 10.5. The highest BCUT2D eigenvalue weighted by Gasteiger charge is 2.14. The molecule has 5 heteroatoms. The molecule has 0 radical (unpaired) electrons. The first kappa shape index (κ1) is 9.06. The Morgan fingerprint density at radius 3 is 2.30 bits per heavy atom. The quantitative estimate of drug-likeness (QED) is 0.439. The summed E-state index contributed by atoms with van der Waals surface area (Å²) in [6.07, 6.45) is -0.189. The topological polar surface area (TPSA) is 106 Å². The van der Waals surface area contributed by atoms with Crippen molar-refractivity contribution >= 4 is 11.8 Å². The first-order valence-electron chi connectivity index (χ1n) is 2.78. The predicted octanol–water partition coefficient (Wildman–Crippen LogP) is -1.68. The van der Waals surface area contributed by atoms with E-state index in [2.05, 4.69) is 0 Å². The number of ketones is 1. The van der Waals surface area contributed by atoms with Crippen LogP contribution in [0.4, 0.5) is 0 Å². The van der Waals surface area contributed by atoms with E-state index < -0.39 is 12.0 Å². The number of nitrogens with two attached hydrogens (primary N) is 2. The Hall–Kier alpha value is -0.940. The molecule has 0 amide bonds. The third-order valence-electron chi connectivity index (χ3n) is 0.992.